The van der Waals surface area contributed by atoms with Crippen molar-refractivity contribution >= 4 is 0 Å². The molecule has 0 amide bonds. The molecule has 0 spiro atoms. The summed E-state index contributed by atoms with van der Waals surface area (Å²) in [6.45, 7) is 2.17. The van der Waals surface area contributed by atoms with E-state index in [4.69, 9.17) is 4.89 Å². The molecule has 0 radical (unpaired) electrons. The van der Waals surface area contributed by atoms with Crippen molar-refractivity contribution in [1.82, 2.24) is 4.57 Å². The van der Waals surface area contributed by atoms with Crippen LogP contribution in [-0.2, 0) is 23.4 Å². The Bertz CT molecular complexity index is 343. The fraction of sp³-hybridized carbons (Fsp3) is 0.444. The molecule has 0 unspecified atom stereocenters. The van der Waals surface area contributed by atoms with Crippen LogP contribution >= 0.6 is 0 Å². The van der Waals surface area contributed by atoms with E-state index in [0.29, 0.717) is 6.61 Å². The number of rotatable bonds is 3. The zero-order valence-electron chi connectivity index (χ0n) is 8.03. The molecule has 1 aromatic heterocycles. The SMILES string of the molecule is COOCc1cc(C)n(C)c(=O)c1. The van der Waals surface area contributed by atoms with Crippen molar-refractivity contribution in [3.8, 4) is 0 Å². The first-order chi connectivity index (χ1) is 6.15. The Hall–Kier alpha value is -1.13. The lowest BCUT2D eigenvalue weighted by atomic mass is 10.2. The van der Waals surface area contributed by atoms with Crippen LogP contribution in [0.4, 0.5) is 0 Å². The molecule has 0 aliphatic carbocycles. The van der Waals surface area contributed by atoms with Crippen LogP contribution in [0.25, 0.3) is 0 Å². The van der Waals surface area contributed by atoms with Crippen LogP contribution in [0.15, 0.2) is 16.9 Å². The minimum Gasteiger partial charge on any atom is -0.316 e. The molecule has 1 aromatic rings. The van der Waals surface area contributed by atoms with Gasteiger partial charge in [-0.2, -0.15) is 0 Å². The third-order valence-corrected chi connectivity index (χ3v) is 1.91. The van der Waals surface area contributed by atoms with Gasteiger partial charge in [0.25, 0.3) is 5.56 Å². The summed E-state index contributed by atoms with van der Waals surface area (Å²) in [5.41, 5.74) is 1.69. The molecule has 0 N–H and O–H groups in total. The largest absolute Gasteiger partial charge is 0.316 e. The minimum atomic E-state index is -0.0327. The van der Waals surface area contributed by atoms with E-state index in [2.05, 4.69) is 4.89 Å². The molecule has 0 saturated carbocycles. The number of pyridine rings is 1. The topological polar surface area (TPSA) is 40.5 Å². The highest BCUT2D eigenvalue weighted by Crippen LogP contribution is 2.01. The van der Waals surface area contributed by atoms with Gasteiger partial charge in [0, 0.05) is 18.8 Å². The molecular formula is C9H13NO3. The predicted molar refractivity (Wildman–Crippen MR) is 48.2 cm³/mol. The van der Waals surface area contributed by atoms with Gasteiger partial charge in [-0.05, 0) is 18.6 Å². The maximum atomic E-state index is 11.3. The summed E-state index contributed by atoms with van der Waals surface area (Å²) in [7, 11) is 3.17. The fourth-order valence-electron chi connectivity index (χ4n) is 1.05. The van der Waals surface area contributed by atoms with E-state index in [1.807, 2.05) is 13.0 Å². The van der Waals surface area contributed by atoms with E-state index in [0.717, 1.165) is 11.3 Å². The van der Waals surface area contributed by atoms with Gasteiger partial charge >= 0.3 is 0 Å². The molecule has 0 atom stereocenters. The van der Waals surface area contributed by atoms with Crippen LogP contribution in [0.2, 0.25) is 0 Å². The Morgan fingerprint density at radius 2 is 2.15 bits per heavy atom. The molecule has 4 heteroatoms. The van der Waals surface area contributed by atoms with E-state index < -0.39 is 0 Å². The summed E-state index contributed by atoms with van der Waals surface area (Å²) in [4.78, 5) is 20.5. The standard InChI is InChI=1S/C9H13NO3/c1-7-4-8(6-13-12-3)5-9(11)10(7)2/h4-5H,6H2,1-3H3. The first kappa shape index (κ1) is 9.95. The lowest BCUT2D eigenvalue weighted by molar-refractivity contribution is -0.282. The summed E-state index contributed by atoms with van der Waals surface area (Å²) in [5.74, 6) is 0. The van der Waals surface area contributed by atoms with Crippen molar-refractivity contribution in [1.29, 1.82) is 0 Å². The molecule has 13 heavy (non-hydrogen) atoms. The summed E-state index contributed by atoms with van der Waals surface area (Å²) >= 11 is 0. The van der Waals surface area contributed by atoms with Crippen molar-refractivity contribution in [2.24, 2.45) is 7.05 Å². The summed E-state index contributed by atoms with van der Waals surface area (Å²) in [6, 6.07) is 3.42. The van der Waals surface area contributed by atoms with E-state index in [1.54, 1.807) is 11.6 Å². The summed E-state index contributed by atoms with van der Waals surface area (Å²) in [5, 5.41) is 0. The fourth-order valence-corrected chi connectivity index (χ4v) is 1.05. The third-order valence-electron chi connectivity index (χ3n) is 1.91. The second kappa shape index (κ2) is 4.20. The first-order valence-electron chi connectivity index (χ1n) is 3.97. The number of aryl methyl sites for hydroxylation is 1. The molecule has 0 aliphatic rings. The lowest BCUT2D eigenvalue weighted by Crippen LogP contribution is -2.18. The molecule has 72 valence electrons. The van der Waals surface area contributed by atoms with Crippen molar-refractivity contribution in [2.75, 3.05) is 7.11 Å². The average Bonchev–Trinajstić information content (AvgIpc) is 2.10. The van der Waals surface area contributed by atoms with Crippen LogP contribution in [-0.4, -0.2) is 11.7 Å². The predicted octanol–water partition coefficient (Wildman–Crippen LogP) is 0.772. The highest BCUT2D eigenvalue weighted by molar-refractivity contribution is 5.15. The second-order valence-electron chi connectivity index (χ2n) is 2.83. The Balaban J connectivity index is 2.93. The molecule has 1 heterocycles. The Morgan fingerprint density at radius 3 is 2.69 bits per heavy atom. The zero-order chi connectivity index (χ0) is 9.84. The molecule has 0 fully saturated rings. The molecule has 0 bridgehead atoms. The van der Waals surface area contributed by atoms with Gasteiger partial charge in [0.2, 0.25) is 0 Å². The van der Waals surface area contributed by atoms with E-state index in [1.165, 1.54) is 13.2 Å². The zero-order valence-corrected chi connectivity index (χ0v) is 8.03. The van der Waals surface area contributed by atoms with Crippen LogP contribution in [0.5, 0.6) is 0 Å². The molecule has 1 rings (SSSR count). The van der Waals surface area contributed by atoms with Gasteiger partial charge in [-0.15, -0.1) is 0 Å². The van der Waals surface area contributed by atoms with Crippen molar-refractivity contribution in [3.05, 3.63) is 33.7 Å². The highest BCUT2D eigenvalue weighted by atomic mass is 17.2. The van der Waals surface area contributed by atoms with Crippen LogP contribution in [0.3, 0.4) is 0 Å². The summed E-state index contributed by atoms with van der Waals surface area (Å²) in [6.07, 6.45) is 0. The van der Waals surface area contributed by atoms with Gasteiger partial charge in [0.1, 0.15) is 6.61 Å². The Kier molecular flexibility index (Phi) is 3.22. The smallest absolute Gasteiger partial charge is 0.250 e. The molecule has 0 aromatic carbocycles. The molecule has 4 nitrogen and oxygen atoms in total. The average molecular weight is 183 g/mol. The van der Waals surface area contributed by atoms with Crippen LogP contribution in [0.1, 0.15) is 11.3 Å². The lowest BCUT2D eigenvalue weighted by Gasteiger charge is -2.05. The van der Waals surface area contributed by atoms with E-state index in [9.17, 15) is 4.79 Å². The molecular weight excluding hydrogens is 170 g/mol. The minimum absolute atomic E-state index is 0.0327. The van der Waals surface area contributed by atoms with Gasteiger partial charge in [0.15, 0.2) is 0 Å². The van der Waals surface area contributed by atoms with Gasteiger partial charge in [-0.1, -0.05) is 0 Å². The van der Waals surface area contributed by atoms with Gasteiger partial charge in [0.05, 0.1) is 7.11 Å². The number of hydrogen-bond acceptors (Lipinski definition) is 3. The van der Waals surface area contributed by atoms with Gasteiger partial charge < -0.3 is 4.57 Å². The maximum Gasteiger partial charge on any atom is 0.250 e. The normalized spacial score (nSPS) is 10.4. The summed E-state index contributed by atoms with van der Waals surface area (Å²) < 4.78 is 1.58. The Morgan fingerprint density at radius 1 is 1.46 bits per heavy atom. The van der Waals surface area contributed by atoms with Crippen molar-refractivity contribution in [2.45, 2.75) is 13.5 Å². The van der Waals surface area contributed by atoms with Gasteiger partial charge in [-0.3, -0.25) is 4.79 Å². The maximum absolute atomic E-state index is 11.3. The Labute approximate surface area is 76.6 Å². The number of aromatic nitrogens is 1. The van der Waals surface area contributed by atoms with Crippen molar-refractivity contribution in [3.63, 3.8) is 0 Å². The number of nitrogens with zero attached hydrogens (tertiary/aromatic N) is 1. The number of hydrogen-bond donors (Lipinski definition) is 0. The third kappa shape index (κ3) is 2.40. The van der Waals surface area contributed by atoms with Crippen LogP contribution in [0, 0.1) is 6.92 Å². The second-order valence-corrected chi connectivity index (χ2v) is 2.83. The highest BCUT2D eigenvalue weighted by Gasteiger charge is 1.99. The van der Waals surface area contributed by atoms with Crippen LogP contribution < -0.4 is 5.56 Å². The molecule has 0 aliphatic heterocycles. The molecule has 0 saturated heterocycles. The quantitative estimate of drug-likeness (QED) is 0.513. The van der Waals surface area contributed by atoms with E-state index in [-0.39, 0.29) is 5.56 Å². The van der Waals surface area contributed by atoms with E-state index >= 15 is 0 Å². The monoisotopic (exact) mass is 183 g/mol. The first-order valence-corrected chi connectivity index (χ1v) is 3.97. The van der Waals surface area contributed by atoms with Crippen molar-refractivity contribution < 1.29 is 9.78 Å². The van der Waals surface area contributed by atoms with Gasteiger partial charge in [-0.25, -0.2) is 9.78 Å².